The molecule has 1 aromatic heterocycles. The van der Waals surface area contributed by atoms with E-state index in [-0.39, 0.29) is 18.1 Å². The highest BCUT2D eigenvalue weighted by atomic mass is 16.2. The van der Waals surface area contributed by atoms with Crippen molar-refractivity contribution in [2.45, 2.75) is 50.9 Å². The molecule has 1 unspecified atom stereocenters. The van der Waals surface area contributed by atoms with Crippen LogP contribution in [0.3, 0.4) is 0 Å². The third-order valence-electron chi connectivity index (χ3n) is 6.74. The van der Waals surface area contributed by atoms with Crippen LogP contribution < -0.4 is 10.2 Å². The van der Waals surface area contributed by atoms with Gasteiger partial charge in [-0.3, -0.25) is 14.6 Å². The van der Waals surface area contributed by atoms with Crippen LogP contribution >= 0.6 is 0 Å². The Kier molecular flexibility index (Phi) is 5.55. The first-order valence-corrected chi connectivity index (χ1v) is 11.2. The molecular weight excluding hydrogens is 392 g/mol. The van der Waals surface area contributed by atoms with Crippen LogP contribution in [0.4, 0.5) is 10.5 Å². The highest BCUT2D eigenvalue weighted by Gasteiger charge is 2.39. The molecule has 3 aliphatic heterocycles. The third kappa shape index (κ3) is 3.87. The average molecular weight is 421 g/mol. The zero-order valence-corrected chi connectivity index (χ0v) is 17.6. The number of likely N-dealkylation sites (tertiary alicyclic amines) is 2. The Bertz CT molecular complexity index is 944. The molecule has 8 heteroatoms. The summed E-state index contributed by atoms with van der Waals surface area (Å²) < 4.78 is 0. The van der Waals surface area contributed by atoms with E-state index in [1.54, 1.807) is 12.4 Å². The van der Waals surface area contributed by atoms with Gasteiger partial charge in [-0.05, 0) is 43.7 Å². The standard InChI is InChI=1S/C23H28N6O2/c30-22(18-13-24-16-25-14-18)27-11-8-19(9-12-27)28-10-4-3-7-21(28)29-20-6-2-1-5-17(20)15-26-23(29)31/h1-2,5-6,13-14,16,19,21H,3-4,7-12,15H2,(H,26,31). The van der Waals surface area contributed by atoms with Gasteiger partial charge in [0.2, 0.25) is 0 Å². The number of carbonyl (C=O) groups excluding carboxylic acids is 2. The first kappa shape index (κ1) is 19.9. The monoisotopic (exact) mass is 420 g/mol. The normalized spacial score (nSPS) is 22.7. The Morgan fingerprint density at radius 1 is 1.00 bits per heavy atom. The molecule has 3 aliphatic rings. The number of hydrogen-bond donors (Lipinski definition) is 1. The number of piperidine rings is 2. The summed E-state index contributed by atoms with van der Waals surface area (Å²) >= 11 is 0. The number of para-hydroxylation sites is 1. The maximum Gasteiger partial charge on any atom is 0.323 e. The minimum absolute atomic E-state index is 0.00131. The lowest BCUT2D eigenvalue weighted by Crippen LogP contribution is -2.61. The molecule has 0 saturated carbocycles. The lowest BCUT2D eigenvalue weighted by molar-refractivity contribution is 0.0427. The molecule has 31 heavy (non-hydrogen) atoms. The summed E-state index contributed by atoms with van der Waals surface area (Å²) in [4.78, 5) is 40.0. The number of urea groups is 1. The molecule has 0 spiro atoms. The van der Waals surface area contributed by atoms with Gasteiger partial charge in [-0.1, -0.05) is 18.2 Å². The molecule has 162 valence electrons. The number of rotatable bonds is 3. The van der Waals surface area contributed by atoms with Gasteiger partial charge in [-0.2, -0.15) is 0 Å². The van der Waals surface area contributed by atoms with Gasteiger partial charge in [0, 0.05) is 44.6 Å². The Morgan fingerprint density at radius 3 is 2.58 bits per heavy atom. The summed E-state index contributed by atoms with van der Waals surface area (Å²) in [6.45, 7) is 3.00. The van der Waals surface area contributed by atoms with Crippen molar-refractivity contribution in [2.75, 3.05) is 24.5 Å². The summed E-state index contributed by atoms with van der Waals surface area (Å²) in [5, 5.41) is 3.04. The van der Waals surface area contributed by atoms with E-state index in [4.69, 9.17) is 0 Å². The summed E-state index contributed by atoms with van der Waals surface area (Å²) in [6, 6.07) is 8.54. The summed E-state index contributed by atoms with van der Waals surface area (Å²) in [6.07, 6.45) is 9.72. The van der Waals surface area contributed by atoms with E-state index in [2.05, 4.69) is 32.3 Å². The smallest absolute Gasteiger partial charge is 0.323 e. The molecule has 5 rings (SSSR count). The van der Waals surface area contributed by atoms with Crippen molar-refractivity contribution in [3.05, 3.63) is 54.1 Å². The van der Waals surface area contributed by atoms with E-state index in [1.807, 2.05) is 21.9 Å². The van der Waals surface area contributed by atoms with Crippen molar-refractivity contribution >= 4 is 17.6 Å². The average Bonchev–Trinajstić information content (AvgIpc) is 2.84. The zero-order valence-electron chi connectivity index (χ0n) is 17.6. The van der Waals surface area contributed by atoms with Crippen molar-refractivity contribution in [2.24, 2.45) is 0 Å². The van der Waals surface area contributed by atoms with Crippen molar-refractivity contribution in [1.82, 2.24) is 25.1 Å². The van der Waals surface area contributed by atoms with E-state index >= 15 is 0 Å². The molecule has 2 aromatic rings. The fraction of sp³-hybridized carbons (Fsp3) is 0.478. The molecule has 1 aromatic carbocycles. The van der Waals surface area contributed by atoms with Crippen molar-refractivity contribution in [1.29, 1.82) is 0 Å². The van der Waals surface area contributed by atoms with E-state index in [0.717, 1.165) is 49.9 Å². The van der Waals surface area contributed by atoms with Crippen LogP contribution in [0.2, 0.25) is 0 Å². The molecule has 1 N–H and O–H groups in total. The summed E-state index contributed by atoms with van der Waals surface area (Å²) in [7, 11) is 0. The fourth-order valence-corrected chi connectivity index (χ4v) is 5.19. The fourth-order valence-electron chi connectivity index (χ4n) is 5.19. The Balaban J connectivity index is 1.31. The van der Waals surface area contributed by atoms with Gasteiger partial charge in [0.15, 0.2) is 0 Å². The topological polar surface area (TPSA) is 81.7 Å². The van der Waals surface area contributed by atoms with Crippen molar-refractivity contribution < 1.29 is 9.59 Å². The highest BCUT2D eigenvalue weighted by molar-refractivity contribution is 5.95. The second kappa shape index (κ2) is 8.63. The highest BCUT2D eigenvalue weighted by Crippen LogP contribution is 2.33. The number of fused-ring (bicyclic) bond motifs is 1. The quantitative estimate of drug-likeness (QED) is 0.826. The van der Waals surface area contributed by atoms with E-state index < -0.39 is 0 Å². The number of nitrogens with one attached hydrogen (secondary N) is 1. The molecule has 4 heterocycles. The van der Waals surface area contributed by atoms with Crippen LogP contribution in [0.25, 0.3) is 0 Å². The van der Waals surface area contributed by atoms with Gasteiger partial charge < -0.3 is 10.2 Å². The minimum atomic E-state index is -0.00714. The van der Waals surface area contributed by atoms with Crippen LogP contribution in [-0.4, -0.2) is 63.5 Å². The number of nitrogens with zero attached hydrogens (tertiary/aromatic N) is 5. The van der Waals surface area contributed by atoms with Crippen molar-refractivity contribution in [3.63, 3.8) is 0 Å². The number of benzene rings is 1. The van der Waals surface area contributed by atoms with E-state index in [1.165, 1.54) is 6.33 Å². The number of hydrogen-bond acceptors (Lipinski definition) is 5. The molecule has 0 bridgehead atoms. The lowest BCUT2D eigenvalue weighted by atomic mass is 9.96. The molecule has 0 aliphatic carbocycles. The van der Waals surface area contributed by atoms with Crippen LogP contribution in [0.1, 0.15) is 48.0 Å². The first-order valence-electron chi connectivity index (χ1n) is 11.2. The van der Waals surface area contributed by atoms with E-state index in [0.29, 0.717) is 31.2 Å². The third-order valence-corrected chi connectivity index (χ3v) is 6.74. The van der Waals surface area contributed by atoms with Crippen LogP contribution in [0, 0.1) is 0 Å². The van der Waals surface area contributed by atoms with E-state index in [9.17, 15) is 9.59 Å². The van der Waals surface area contributed by atoms with Gasteiger partial charge in [-0.25, -0.2) is 14.8 Å². The summed E-state index contributed by atoms with van der Waals surface area (Å²) in [5.74, 6) is -0.00131. The maximum absolute atomic E-state index is 12.9. The second-order valence-corrected chi connectivity index (χ2v) is 8.52. The van der Waals surface area contributed by atoms with Gasteiger partial charge in [0.25, 0.3) is 5.91 Å². The molecule has 2 fully saturated rings. The van der Waals surface area contributed by atoms with Gasteiger partial charge >= 0.3 is 6.03 Å². The first-order chi connectivity index (χ1) is 15.2. The number of carbonyl (C=O) groups is 2. The summed E-state index contributed by atoms with van der Waals surface area (Å²) in [5.41, 5.74) is 2.73. The molecule has 3 amide bonds. The second-order valence-electron chi connectivity index (χ2n) is 8.52. The predicted molar refractivity (Wildman–Crippen MR) is 116 cm³/mol. The molecular formula is C23H28N6O2. The minimum Gasteiger partial charge on any atom is -0.338 e. The number of aromatic nitrogens is 2. The lowest BCUT2D eigenvalue weighted by Gasteiger charge is -2.49. The molecule has 8 nitrogen and oxygen atoms in total. The van der Waals surface area contributed by atoms with Crippen LogP contribution in [-0.2, 0) is 6.54 Å². The SMILES string of the molecule is O=C(c1cncnc1)N1CCC(N2CCCCC2N2C(=O)NCc3ccccc32)CC1. The maximum atomic E-state index is 12.9. The number of amides is 3. The van der Waals surface area contributed by atoms with Crippen molar-refractivity contribution in [3.8, 4) is 0 Å². The van der Waals surface area contributed by atoms with Crippen LogP contribution in [0.5, 0.6) is 0 Å². The predicted octanol–water partition coefficient (Wildman–Crippen LogP) is 2.62. The largest absolute Gasteiger partial charge is 0.338 e. The Hall–Kier alpha value is -3.00. The van der Waals surface area contributed by atoms with Gasteiger partial charge in [-0.15, -0.1) is 0 Å². The number of anilines is 1. The Morgan fingerprint density at radius 2 is 1.77 bits per heavy atom. The van der Waals surface area contributed by atoms with Crippen LogP contribution in [0.15, 0.2) is 43.0 Å². The van der Waals surface area contributed by atoms with Gasteiger partial charge in [0.1, 0.15) is 6.33 Å². The molecule has 2 saturated heterocycles. The molecule has 1 atom stereocenters. The Labute approximate surface area is 182 Å². The molecule has 0 radical (unpaired) electrons. The zero-order chi connectivity index (χ0) is 21.2. The van der Waals surface area contributed by atoms with Gasteiger partial charge in [0.05, 0.1) is 17.4 Å².